The summed E-state index contributed by atoms with van der Waals surface area (Å²) < 4.78 is 2.11. The molecule has 2 N–H and O–H groups in total. The third kappa shape index (κ3) is 3.77. The van der Waals surface area contributed by atoms with Gasteiger partial charge in [0.2, 0.25) is 0 Å². The summed E-state index contributed by atoms with van der Waals surface area (Å²) in [5.41, 5.74) is 4.25. The number of nitrogens with one attached hydrogen (secondary N) is 1. The molecule has 136 valence electrons. The molecule has 2 aromatic heterocycles. The molecule has 0 saturated heterocycles. The highest BCUT2D eigenvalue weighted by atomic mass is 16.3. The topological polar surface area (TPSA) is 63.0 Å². The van der Waals surface area contributed by atoms with E-state index in [-0.39, 0.29) is 0 Å². The van der Waals surface area contributed by atoms with Crippen molar-refractivity contribution in [2.45, 2.75) is 13.3 Å². The molecule has 0 saturated carbocycles. The van der Waals surface area contributed by atoms with Gasteiger partial charge in [0.15, 0.2) is 0 Å². The Bertz CT molecular complexity index is 1100. The van der Waals surface area contributed by atoms with Gasteiger partial charge >= 0.3 is 0 Å². The van der Waals surface area contributed by atoms with Crippen molar-refractivity contribution in [1.29, 1.82) is 0 Å². The molecule has 5 nitrogen and oxygen atoms in total. The Morgan fingerprint density at radius 3 is 2.78 bits per heavy atom. The summed E-state index contributed by atoms with van der Waals surface area (Å²) in [5, 5.41) is 14.2. The lowest BCUT2D eigenvalue weighted by Gasteiger charge is -2.10. The van der Waals surface area contributed by atoms with E-state index in [9.17, 15) is 5.11 Å². The minimum atomic E-state index is 0.295. The highest BCUT2D eigenvalue weighted by Crippen LogP contribution is 2.25. The fourth-order valence-electron chi connectivity index (χ4n) is 3.27. The first-order chi connectivity index (χ1) is 13.1. The maximum Gasteiger partial charge on any atom is 0.130 e. The summed E-state index contributed by atoms with van der Waals surface area (Å²) in [6.45, 7) is 2.64. The largest absolute Gasteiger partial charge is 0.508 e. The number of aromatic nitrogens is 3. The van der Waals surface area contributed by atoms with Gasteiger partial charge in [0, 0.05) is 36.9 Å². The van der Waals surface area contributed by atoms with E-state index in [0.717, 1.165) is 41.4 Å². The number of hydrogen-bond donors (Lipinski definition) is 2. The Kier molecular flexibility index (Phi) is 4.50. The number of phenolic OH excluding ortho intramolecular Hbond substituents is 1. The summed E-state index contributed by atoms with van der Waals surface area (Å²) in [7, 11) is 2.05. The average Bonchev–Trinajstić information content (AvgIpc) is 3.02. The van der Waals surface area contributed by atoms with Crippen molar-refractivity contribution in [2.75, 3.05) is 11.9 Å². The van der Waals surface area contributed by atoms with Crippen molar-refractivity contribution in [2.24, 2.45) is 7.05 Å². The zero-order valence-corrected chi connectivity index (χ0v) is 15.5. The Hall–Kier alpha value is -3.34. The van der Waals surface area contributed by atoms with Crippen LogP contribution < -0.4 is 5.32 Å². The molecule has 0 aliphatic heterocycles. The lowest BCUT2D eigenvalue weighted by molar-refractivity contribution is 0.474. The molecule has 0 bridgehead atoms. The first kappa shape index (κ1) is 17.1. The molecule has 4 rings (SSSR count). The molecule has 0 aliphatic rings. The molecule has 0 unspecified atom stereocenters. The fourth-order valence-corrected chi connectivity index (χ4v) is 3.27. The van der Waals surface area contributed by atoms with Crippen LogP contribution in [0.4, 0.5) is 5.82 Å². The first-order valence-electron chi connectivity index (χ1n) is 9.01. The molecule has 0 atom stereocenters. The van der Waals surface area contributed by atoms with E-state index in [1.54, 1.807) is 12.1 Å². The molecular formula is C22H22N4O. The number of phenols is 1. The van der Waals surface area contributed by atoms with Crippen LogP contribution in [0.3, 0.4) is 0 Å². The van der Waals surface area contributed by atoms with Crippen molar-refractivity contribution in [3.05, 3.63) is 72.2 Å². The lowest BCUT2D eigenvalue weighted by atomic mass is 10.1. The molecule has 0 amide bonds. The number of aromatic hydroxyl groups is 1. The summed E-state index contributed by atoms with van der Waals surface area (Å²) in [5.74, 6) is 1.84. The predicted octanol–water partition coefficient (Wildman–Crippen LogP) is 4.30. The normalized spacial score (nSPS) is 11.0. The van der Waals surface area contributed by atoms with E-state index in [1.807, 2.05) is 32.2 Å². The van der Waals surface area contributed by atoms with Gasteiger partial charge in [-0.15, -0.1) is 0 Å². The highest BCUT2D eigenvalue weighted by Gasteiger charge is 2.07. The van der Waals surface area contributed by atoms with Crippen LogP contribution in [0.1, 0.15) is 11.4 Å². The van der Waals surface area contributed by atoms with Crippen molar-refractivity contribution < 1.29 is 5.11 Å². The number of fused-ring (bicyclic) bond motifs is 1. The van der Waals surface area contributed by atoms with Crippen molar-refractivity contribution in [3.63, 3.8) is 0 Å². The zero-order chi connectivity index (χ0) is 18.8. The quantitative estimate of drug-likeness (QED) is 0.558. The van der Waals surface area contributed by atoms with Gasteiger partial charge in [-0.1, -0.05) is 24.3 Å². The van der Waals surface area contributed by atoms with Crippen LogP contribution in [-0.2, 0) is 13.5 Å². The fraction of sp³-hybridized carbons (Fsp3) is 0.182. The van der Waals surface area contributed by atoms with Gasteiger partial charge in [0.05, 0.1) is 5.69 Å². The van der Waals surface area contributed by atoms with Crippen molar-refractivity contribution in [3.8, 4) is 17.0 Å². The summed E-state index contributed by atoms with van der Waals surface area (Å²) in [4.78, 5) is 9.11. The van der Waals surface area contributed by atoms with Gasteiger partial charge < -0.3 is 15.0 Å². The molecule has 2 heterocycles. The molecule has 2 aromatic carbocycles. The summed E-state index contributed by atoms with van der Waals surface area (Å²) >= 11 is 0. The molecule has 27 heavy (non-hydrogen) atoms. The zero-order valence-electron chi connectivity index (χ0n) is 15.5. The van der Waals surface area contributed by atoms with Crippen LogP contribution >= 0.6 is 0 Å². The van der Waals surface area contributed by atoms with Crippen LogP contribution in [0.15, 0.2) is 60.8 Å². The molecular weight excluding hydrogens is 336 g/mol. The molecule has 0 radical (unpaired) electrons. The lowest BCUT2D eigenvalue weighted by Crippen LogP contribution is -2.07. The van der Waals surface area contributed by atoms with Crippen molar-refractivity contribution >= 4 is 16.7 Å². The number of anilines is 1. The molecule has 0 fully saturated rings. The SMILES string of the molecule is Cc1nc(NCCc2cccc(O)c2)cc(-c2ccc3ccn(C)c3c2)n1. The number of benzene rings is 2. The molecule has 5 heteroatoms. The maximum atomic E-state index is 9.56. The highest BCUT2D eigenvalue weighted by molar-refractivity contribution is 5.85. The van der Waals surface area contributed by atoms with Gasteiger partial charge in [-0.3, -0.25) is 0 Å². The Morgan fingerprint density at radius 2 is 1.93 bits per heavy atom. The smallest absolute Gasteiger partial charge is 0.130 e. The second kappa shape index (κ2) is 7.11. The summed E-state index contributed by atoms with van der Waals surface area (Å²) in [6.07, 6.45) is 2.87. The second-order valence-corrected chi connectivity index (χ2v) is 6.73. The van der Waals surface area contributed by atoms with Crippen LogP contribution in [0.25, 0.3) is 22.2 Å². The number of rotatable bonds is 5. The third-order valence-corrected chi connectivity index (χ3v) is 4.65. The maximum absolute atomic E-state index is 9.56. The van der Waals surface area contributed by atoms with Crippen LogP contribution in [0, 0.1) is 6.92 Å². The predicted molar refractivity (Wildman–Crippen MR) is 109 cm³/mol. The standard InChI is InChI=1S/C22H22N4O/c1-15-24-20(18-7-6-17-9-11-26(2)21(17)13-18)14-22(25-15)23-10-8-16-4-3-5-19(27)12-16/h3-7,9,11-14,27H,8,10H2,1-2H3,(H,23,24,25). The van der Waals surface area contributed by atoms with Crippen molar-refractivity contribution in [1.82, 2.24) is 14.5 Å². The van der Waals surface area contributed by atoms with E-state index < -0.39 is 0 Å². The van der Waals surface area contributed by atoms with Crippen LogP contribution in [-0.4, -0.2) is 26.2 Å². The Balaban J connectivity index is 1.54. The average molecular weight is 358 g/mol. The van der Waals surface area contributed by atoms with E-state index in [4.69, 9.17) is 0 Å². The number of aryl methyl sites for hydroxylation is 2. The minimum Gasteiger partial charge on any atom is -0.508 e. The van der Waals surface area contributed by atoms with Gasteiger partial charge in [0.1, 0.15) is 17.4 Å². The van der Waals surface area contributed by atoms with Gasteiger partial charge in [-0.25, -0.2) is 9.97 Å². The number of hydrogen-bond acceptors (Lipinski definition) is 4. The molecule has 4 aromatic rings. The van der Waals surface area contributed by atoms with Crippen LogP contribution in [0.2, 0.25) is 0 Å². The van der Waals surface area contributed by atoms with Gasteiger partial charge in [0.25, 0.3) is 0 Å². The van der Waals surface area contributed by atoms with E-state index >= 15 is 0 Å². The van der Waals surface area contributed by atoms with Crippen LogP contribution in [0.5, 0.6) is 5.75 Å². The monoisotopic (exact) mass is 358 g/mol. The van der Waals surface area contributed by atoms with E-state index in [0.29, 0.717) is 5.75 Å². The Morgan fingerprint density at radius 1 is 1.04 bits per heavy atom. The minimum absolute atomic E-state index is 0.295. The van der Waals surface area contributed by atoms with E-state index in [1.165, 1.54) is 10.9 Å². The second-order valence-electron chi connectivity index (χ2n) is 6.73. The van der Waals surface area contributed by atoms with Gasteiger partial charge in [-0.2, -0.15) is 0 Å². The molecule has 0 spiro atoms. The molecule has 0 aliphatic carbocycles. The first-order valence-corrected chi connectivity index (χ1v) is 9.01. The number of nitrogens with zero attached hydrogens (tertiary/aromatic N) is 3. The summed E-state index contributed by atoms with van der Waals surface area (Å²) in [6, 6.07) is 17.8. The third-order valence-electron chi connectivity index (χ3n) is 4.65. The van der Waals surface area contributed by atoms with Gasteiger partial charge in [-0.05, 0) is 48.6 Å². The Labute approximate surface area is 158 Å². The van der Waals surface area contributed by atoms with E-state index in [2.05, 4.69) is 50.3 Å².